The molecule has 0 atom stereocenters. The third kappa shape index (κ3) is 3.77. The van der Waals surface area contributed by atoms with Crippen LogP contribution in [0.5, 0.6) is 0 Å². The number of aromatic amines is 2. The Morgan fingerprint density at radius 3 is 2.90 bits per heavy atom. The van der Waals surface area contributed by atoms with Crippen LogP contribution < -0.4 is 5.32 Å². The van der Waals surface area contributed by atoms with Crippen molar-refractivity contribution in [1.82, 2.24) is 25.1 Å². The highest BCUT2D eigenvalue weighted by atomic mass is 16.1. The fraction of sp³-hybridized carbons (Fsp3) is 0.167. The van der Waals surface area contributed by atoms with Crippen LogP contribution >= 0.6 is 0 Å². The third-order valence-corrected chi connectivity index (χ3v) is 5.32. The molecule has 7 heteroatoms. The van der Waals surface area contributed by atoms with Gasteiger partial charge in [0, 0.05) is 35.2 Å². The highest BCUT2D eigenvalue weighted by Crippen LogP contribution is 2.31. The molecule has 3 N–H and O–H groups in total. The van der Waals surface area contributed by atoms with Gasteiger partial charge in [-0.15, -0.1) is 0 Å². The predicted octanol–water partition coefficient (Wildman–Crippen LogP) is 5.30. The van der Waals surface area contributed by atoms with Gasteiger partial charge in [-0.25, -0.2) is 4.98 Å². The van der Waals surface area contributed by atoms with Crippen LogP contribution in [0.3, 0.4) is 0 Å². The number of nitrogens with zero attached hydrogens (tertiary/aromatic N) is 3. The molecule has 5 aromatic rings. The van der Waals surface area contributed by atoms with Gasteiger partial charge in [0.2, 0.25) is 5.91 Å². The van der Waals surface area contributed by atoms with Crippen molar-refractivity contribution in [3.63, 3.8) is 0 Å². The van der Waals surface area contributed by atoms with Crippen LogP contribution in [-0.4, -0.2) is 31.1 Å². The van der Waals surface area contributed by atoms with E-state index in [2.05, 4.69) is 49.5 Å². The number of amides is 1. The van der Waals surface area contributed by atoms with Crippen molar-refractivity contribution in [2.45, 2.75) is 26.2 Å². The van der Waals surface area contributed by atoms with Gasteiger partial charge in [-0.05, 0) is 48.4 Å². The Labute approximate surface area is 178 Å². The van der Waals surface area contributed by atoms with E-state index in [1.807, 2.05) is 30.3 Å². The molecule has 0 radical (unpaired) electrons. The number of aromatic nitrogens is 5. The van der Waals surface area contributed by atoms with Gasteiger partial charge in [-0.1, -0.05) is 19.4 Å². The van der Waals surface area contributed by atoms with Gasteiger partial charge in [0.15, 0.2) is 0 Å². The lowest BCUT2D eigenvalue weighted by Crippen LogP contribution is -2.11. The van der Waals surface area contributed by atoms with Gasteiger partial charge < -0.3 is 10.3 Å². The van der Waals surface area contributed by atoms with Crippen molar-refractivity contribution in [2.75, 3.05) is 5.32 Å². The molecule has 31 heavy (non-hydrogen) atoms. The van der Waals surface area contributed by atoms with Gasteiger partial charge in [-0.2, -0.15) is 5.10 Å². The standard InChI is InChI=1S/C24H22N6O/c1-2-3-6-22(31)27-18-10-17(13-25-14-18)15-7-8-20-19(11-15)23(30-29-20)21-12-16-5-4-9-26-24(16)28-21/h4-5,7-14H,2-3,6H2,1H3,(H,26,28)(H,27,31)(H,29,30). The highest BCUT2D eigenvalue weighted by Gasteiger charge is 2.13. The van der Waals surface area contributed by atoms with Crippen LogP contribution in [0.2, 0.25) is 0 Å². The second kappa shape index (κ2) is 8.02. The van der Waals surface area contributed by atoms with Crippen LogP contribution in [-0.2, 0) is 4.79 Å². The van der Waals surface area contributed by atoms with E-state index in [4.69, 9.17) is 0 Å². The predicted molar refractivity (Wildman–Crippen MR) is 123 cm³/mol. The smallest absolute Gasteiger partial charge is 0.224 e. The van der Waals surface area contributed by atoms with Crippen molar-refractivity contribution < 1.29 is 4.79 Å². The first-order valence-electron chi connectivity index (χ1n) is 10.4. The zero-order valence-corrected chi connectivity index (χ0v) is 17.1. The minimum atomic E-state index is 0.0146. The summed E-state index contributed by atoms with van der Waals surface area (Å²) in [6, 6.07) is 14.1. The molecule has 1 amide bonds. The summed E-state index contributed by atoms with van der Waals surface area (Å²) in [5.41, 5.74) is 6.16. The lowest BCUT2D eigenvalue weighted by molar-refractivity contribution is -0.116. The topological polar surface area (TPSA) is 99.3 Å². The molecule has 0 fully saturated rings. The second-order valence-electron chi connectivity index (χ2n) is 7.57. The Bertz CT molecular complexity index is 1350. The molecule has 5 rings (SSSR count). The molecule has 0 aliphatic heterocycles. The van der Waals surface area contributed by atoms with Crippen molar-refractivity contribution in [2.24, 2.45) is 0 Å². The molecule has 0 aliphatic rings. The van der Waals surface area contributed by atoms with E-state index >= 15 is 0 Å². The quantitative estimate of drug-likeness (QED) is 0.354. The summed E-state index contributed by atoms with van der Waals surface area (Å²) in [7, 11) is 0. The van der Waals surface area contributed by atoms with Gasteiger partial charge in [0.05, 0.1) is 23.1 Å². The summed E-state index contributed by atoms with van der Waals surface area (Å²) in [5, 5.41) is 12.6. The van der Waals surface area contributed by atoms with E-state index < -0.39 is 0 Å². The molecule has 4 aromatic heterocycles. The van der Waals surface area contributed by atoms with Gasteiger partial charge in [0.25, 0.3) is 0 Å². The van der Waals surface area contributed by atoms with Crippen LogP contribution in [0.1, 0.15) is 26.2 Å². The molecule has 0 unspecified atom stereocenters. The number of fused-ring (bicyclic) bond motifs is 2. The summed E-state index contributed by atoms with van der Waals surface area (Å²) < 4.78 is 0. The number of carbonyl (C=O) groups excluding carboxylic acids is 1. The number of unbranched alkanes of at least 4 members (excludes halogenated alkanes) is 1. The third-order valence-electron chi connectivity index (χ3n) is 5.32. The average Bonchev–Trinajstić information content (AvgIpc) is 3.41. The van der Waals surface area contributed by atoms with Crippen molar-refractivity contribution in [3.8, 4) is 22.5 Å². The Morgan fingerprint density at radius 2 is 2.03 bits per heavy atom. The van der Waals surface area contributed by atoms with Crippen LogP contribution in [0.15, 0.2) is 61.1 Å². The summed E-state index contributed by atoms with van der Waals surface area (Å²) in [4.78, 5) is 24.1. The second-order valence-corrected chi connectivity index (χ2v) is 7.57. The fourth-order valence-corrected chi connectivity index (χ4v) is 3.71. The Morgan fingerprint density at radius 1 is 1.10 bits per heavy atom. The number of anilines is 1. The molecular formula is C24H22N6O. The Balaban J connectivity index is 1.49. The van der Waals surface area contributed by atoms with Crippen LogP contribution in [0.4, 0.5) is 5.69 Å². The minimum Gasteiger partial charge on any atom is -0.338 e. The number of carbonyl (C=O) groups is 1. The lowest BCUT2D eigenvalue weighted by atomic mass is 10.0. The number of rotatable bonds is 6. The van der Waals surface area contributed by atoms with E-state index in [1.54, 1.807) is 18.6 Å². The number of H-pyrrole nitrogens is 2. The zero-order chi connectivity index (χ0) is 21.2. The molecule has 7 nitrogen and oxygen atoms in total. The van der Waals surface area contributed by atoms with Gasteiger partial charge >= 0.3 is 0 Å². The normalized spacial score (nSPS) is 11.3. The summed E-state index contributed by atoms with van der Waals surface area (Å²) >= 11 is 0. The van der Waals surface area contributed by atoms with Gasteiger partial charge in [0.1, 0.15) is 11.3 Å². The first-order chi connectivity index (χ1) is 15.2. The van der Waals surface area contributed by atoms with E-state index in [0.717, 1.165) is 57.3 Å². The maximum Gasteiger partial charge on any atom is 0.224 e. The SMILES string of the molecule is CCCCC(=O)Nc1cncc(-c2ccc3[nH]nc(-c4cc5cccnc5[nH]4)c3c2)c1. The molecular weight excluding hydrogens is 388 g/mol. The molecule has 0 saturated heterocycles. The molecule has 4 heterocycles. The molecule has 0 saturated carbocycles. The van der Waals surface area contributed by atoms with E-state index in [9.17, 15) is 4.79 Å². The molecule has 0 spiro atoms. The number of hydrogen-bond acceptors (Lipinski definition) is 4. The van der Waals surface area contributed by atoms with Crippen LogP contribution in [0, 0.1) is 0 Å². The molecule has 0 bridgehead atoms. The van der Waals surface area contributed by atoms with Crippen molar-refractivity contribution in [1.29, 1.82) is 0 Å². The number of nitrogens with one attached hydrogen (secondary N) is 3. The first-order valence-corrected chi connectivity index (χ1v) is 10.4. The summed E-state index contributed by atoms with van der Waals surface area (Å²) in [6.07, 6.45) is 7.63. The fourth-order valence-electron chi connectivity index (χ4n) is 3.71. The highest BCUT2D eigenvalue weighted by molar-refractivity contribution is 5.97. The summed E-state index contributed by atoms with van der Waals surface area (Å²) in [6.45, 7) is 2.07. The number of hydrogen-bond donors (Lipinski definition) is 3. The summed E-state index contributed by atoms with van der Waals surface area (Å²) in [5.74, 6) is 0.0146. The number of benzene rings is 1. The lowest BCUT2D eigenvalue weighted by Gasteiger charge is -2.07. The molecule has 1 aromatic carbocycles. The maximum atomic E-state index is 12.1. The average molecular weight is 410 g/mol. The molecule has 0 aliphatic carbocycles. The Hall–Kier alpha value is -4.00. The van der Waals surface area contributed by atoms with Crippen molar-refractivity contribution in [3.05, 3.63) is 61.1 Å². The van der Waals surface area contributed by atoms with E-state index in [0.29, 0.717) is 12.1 Å². The van der Waals surface area contributed by atoms with Crippen molar-refractivity contribution >= 4 is 33.5 Å². The zero-order valence-electron chi connectivity index (χ0n) is 17.1. The van der Waals surface area contributed by atoms with Gasteiger partial charge in [-0.3, -0.25) is 14.9 Å². The minimum absolute atomic E-state index is 0.0146. The van der Waals surface area contributed by atoms with E-state index in [-0.39, 0.29) is 5.91 Å². The maximum absolute atomic E-state index is 12.1. The largest absolute Gasteiger partial charge is 0.338 e. The first kappa shape index (κ1) is 19.0. The van der Waals surface area contributed by atoms with Crippen LogP contribution in [0.25, 0.3) is 44.5 Å². The molecule has 154 valence electrons. The van der Waals surface area contributed by atoms with E-state index in [1.165, 1.54) is 0 Å². The Kier molecular flexibility index (Phi) is 4.92. The number of pyridine rings is 2. The monoisotopic (exact) mass is 410 g/mol.